The van der Waals surface area contributed by atoms with Gasteiger partial charge in [-0.25, -0.2) is 14.3 Å². The molecule has 1 aliphatic heterocycles. The fourth-order valence-electron chi connectivity index (χ4n) is 3.54. The Morgan fingerprint density at radius 2 is 2.03 bits per heavy atom. The fourth-order valence-corrected chi connectivity index (χ4v) is 3.76. The lowest BCUT2D eigenvalue weighted by molar-refractivity contribution is -0.120. The third-order valence-electron chi connectivity index (χ3n) is 5.18. The Morgan fingerprint density at radius 1 is 1.26 bits per heavy atom. The Balaban J connectivity index is 0.00000167. The SMILES string of the molecule is CC.CSOC/C=C/c1cc2n(n1)CCC(NC(=O)c1ncn(Cc3ccccc3)n1)C(=O)N2C. The minimum Gasteiger partial charge on any atom is -0.337 e. The minimum atomic E-state index is -0.695. The fraction of sp³-hybridized carbons (Fsp3) is 0.375. The average molecular weight is 498 g/mol. The highest BCUT2D eigenvalue weighted by atomic mass is 32.2. The van der Waals surface area contributed by atoms with Crippen molar-refractivity contribution in [1.29, 1.82) is 0 Å². The summed E-state index contributed by atoms with van der Waals surface area (Å²) in [5.41, 5.74) is 1.79. The van der Waals surface area contributed by atoms with Crippen LogP contribution in [0.1, 0.15) is 42.1 Å². The van der Waals surface area contributed by atoms with Crippen molar-refractivity contribution >= 4 is 35.8 Å². The molecule has 1 aliphatic rings. The largest absolute Gasteiger partial charge is 0.337 e. The molecule has 1 unspecified atom stereocenters. The van der Waals surface area contributed by atoms with Crippen molar-refractivity contribution in [2.24, 2.45) is 0 Å². The lowest BCUT2D eigenvalue weighted by Crippen LogP contribution is -2.47. The predicted octanol–water partition coefficient (Wildman–Crippen LogP) is 3.02. The van der Waals surface area contributed by atoms with Crippen LogP contribution < -0.4 is 10.2 Å². The molecule has 3 aromatic rings. The summed E-state index contributed by atoms with van der Waals surface area (Å²) in [5.74, 6) is 0.00758. The number of nitrogens with zero attached hydrogens (tertiary/aromatic N) is 6. The number of hydrogen-bond acceptors (Lipinski definition) is 7. The van der Waals surface area contributed by atoms with Gasteiger partial charge in [-0.05, 0) is 30.1 Å². The highest BCUT2D eigenvalue weighted by Crippen LogP contribution is 2.22. The molecule has 1 N–H and O–H groups in total. The van der Waals surface area contributed by atoms with Crippen molar-refractivity contribution < 1.29 is 13.8 Å². The van der Waals surface area contributed by atoms with Crippen molar-refractivity contribution in [3.05, 3.63) is 65.9 Å². The van der Waals surface area contributed by atoms with E-state index >= 15 is 0 Å². The molecule has 2 aromatic heterocycles. The predicted molar refractivity (Wildman–Crippen MR) is 137 cm³/mol. The van der Waals surface area contributed by atoms with Crippen LogP contribution in [-0.2, 0) is 22.1 Å². The number of rotatable bonds is 8. The topological polar surface area (TPSA) is 107 Å². The monoisotopic (exact) mass is 497 g/mol. The van der Waals surface area contributed by atoms with Crippen LogP contribution in [0.25, 0.3) is 6.08 Å². The molecule has 3 heterocycles. The molecular weight excluding hydrogens is 466 g/mol. The van der Waals surface area contributed by atoms with Crippen LogP contribution in [0.4, 0.5) is 5.82 Å². The third kappa shape index (κ3) is 6.80. The highest BCUT2D eigenvalue weighted by molar-refractivity contribution is 7.93. The van der Waals surface area contributed by atoms with Gasteiger partial charge >= 0.3 is 0 Å². The smallest absolute Gasteiger partial charge is 0.291 e. The number of carbonyl (C=O) groups excluding carboxylic acids is 2. The number of likely N-dealkylation sites (N-methyl/N-ethyl adjacent to an activating group) is 1. The van der Waals surface area contributed by atoms with Crippen LogP contribution in [0.2, 0.25) is 0 Å². The van der Waals surface area contributed by atoms with Crippen molar-refractivity contribution in [3.8, 4) is 0 Å². The normalized spacial score (nSPS) is 15.4. The van der Waals surface area contributed by atoms with Gasteiger partial charge in [0, 0.05) is 25.9 Å². The van der Waals surface area contributed by atoms with E-state index in [1.54, 1.807) is 16.4 Å². The number of aromatic nitrogens is 5. The first-order valence-electron chi connectivity index (χ1n) is 11.5. The van der Waals surface area contributed by atoms with E-state index in [9.17, 15) is 9.59 Å². The number of anilines is 1. The molecule has 4 rings (SSSR count). The van der Waals surface area contributed by atoms with E-state index in [-0.39, 0.29) is 11.7 Å². The van der Waals surface area contributed by atoms with Gasteiger partial charge in [-0.1, -0.05) is 50.3 Å². The number of aryl methyl sites for hydroxylation is 1. The Bertz CT molecular complexity index is 1140. The molecule has 1 atom stereocenters. The van der Waals surface area contributed by atoms with Gasteiger partial charge in [0.1, 0.15) is 18.2 Å². The second-order valence-corrected chi connectivity index (χ2v) is 8.04. The third-order valence-corrected chi connectivity index (χ3v) is 5.55. The van der Waals surface area contributed by atoms with Crippen molar-refractivity contribution in [3.63, 3.8) is 0 Å². The number of nitrogens with one attached hydrogen (secondary N) is 1. The van der Waals surface area contributed by atoms with Crippen LogP contribution in [0.3, 0.4) is 0 Å². The summed E-state index contributed by atoms with van der Waals surface area (Å²) in [5, 5.41) is 11.6. The molecular formula is C24H31N7O3S. The molecule has 0 aliphatic carbocycles. The number of fused-ring (bicyclic) bond motifs is 1. The first-order chi connectivity index (χ1) is 17.0. The van der Waals surface area contributed by atoms with Gasteiger partial charge in [-0.3, -0.25) is 14.5 Å². The van der Waals surface area contributed by atoms with Crippen LogP contribution in [-0.4, -0.2) is 62.3 Å². The van der Waals surface area contributed by atoms with Crippen molar-refractivity contribution in [1.82, 2.24) is 29.9 Å². The molecule has 2 amide bonds. The van der Waals surface area contributed by atoms with Gasteiger partial charge in [0.05, 0.1) is 18.8 Å². The maximum atomic E-state index is 13.0. The van der Waals surface area contributed by atoms with E-state index in [0.717, 1.165) is 11.3 Å². The summed E-state index contributed by atoms with van der Waals surface area (Å²) in [6.07, 6.45) is 7.50. The second-order valence-electron chi connectivity index (χ2n) is 7.47. The van der Waals surface area contributed by atoms with Gasteiger partial charge in [0.2, 0.25) is 5.82 Å². The van der Waals surface area contributed by atoms with Gasteiger partial charge in [0.25, 0.3) is 11.8 Å². The quantitative estimate of drug-likeness (QED) is 0.377. The van der Waals surface area contributed by atoms with Crippen molar-refractivity contribution in [2.75, 3.05) is 24.8 Å². The molecule has 10 nitrogen and oxygen atoms in total. The molecule has 11 heteroatoms. The molecule has 0 saturated heterocycles. The minimum absolute atomic E-state index is 0.0308. The number of hydrogen-bond donors (Lipinski definition) is 1. The Kier molecular flexibility index (Phi) is 9.62. The summed E-state index contributed by atoms with van der Waals surface area (Å²) in [4.78, 5) is 31.3. The van der Waals surface area contributed by atoms with E-state index in [1.807, 2.05) is 68.7 Å². The molecule has 1 aromatic carbocycles. The second kappa shape index (κ2) is 12.9. The summed E-state index contributed by atoms with van der Waals surface area (Å²) in [7, 11) is 1.68. The van der Waals surface area contributed by atoms with Gasteiger partial charge in [-0.2, -0.15) is 5.10 Å². The Labute approximate surface area is 209 Å². The van der Waals surface area contributed by atoms with Gasteiger partial charge < -0.3 is 9.50 Å². The maximum Gasteiger partial charge on any atom is 0.291 e. The van der Waals surface area contributed by atoms with E-state index in [0.29, 0.717) is 31.9 Å². The number of carbonyl (C=O) groups is 2. The zero-order valence-electron chi connectivity index (χ0n) is 20.4. The van der Waals surface area contributed by atoms with Gasteiger partial charge in [0.15, 0.2) is 0 Å². The van der Waals surface area contributed by atoms with Crippen LogP contribution in [0, 0.1) is 0 Å². The van der Waals surface area contributed by atoms with E-state index in [2.05, 4.69) is 20.5 Å². The molecule has 0 saturated carbocycles. The molecule has 0 spiro atoms. The summed E-state index contributed by atoms with van der Waals surface area (Å²) < 4.78 is 8.58. The molecule has 186 valence electrons. The van der Waals surface area contributed by atoms with E-state index in [4.69, 9.17) is 4.18 Å². The van der Waals surface area contributed by atoms with Crippen LogP contribution >= 0.6 is 12.0 Å². The zero-order valence-corrected chi connectivity index (χ0v) is 21.2. The first-order valence-corrected chi connectivity index (χ1v) is 12.6. The number of amides is 2. The van der Waals surface area contributed by atoms with Gasteiger partial charge in [-0.15, -0.1) is 5.10 Å². The average Bonchev–Trinajstić information content (AvgIpc) is 3.50. The number of benzene rings is 1. The lowest BCUT2D eigenvalue weighted by Gasteiger charge is -2.19. The Hall–Kier alpha value is -3.44. The van der Waals surface area contributed by atoms with Crippen LogP contribution in [0.15, 0.2) is 48.8 Å². The van der Waals surface area contributed by atoms with E-state index in [1.165, 1.54) is 23.3 Å². The molecule has 0 bridgehead atoms. The summed E-state index contributed by atoms with van der Waals surface area (Å²) >= 11 is 1.30. The first kappa shape index (κ1) is 26.2. The van der Waals surface area contributed by atoms with Crippen molar-refractivity contribution in [2.45, 2.75) is 39.4 Å². The lowest BCUT2D eigenvalue weighted by atomic mass is 10.2. The Morgan fingerprint density at radius 3 is 2.77 bits per heavy atom. The molecule has 35 heavy (non-hydrogen) atoms. The van der Waals surface area contributed by atoms with Crippen LogP contribution in [0.5, 0.6) is 0 Å². The highest BCUT2D eigenvalue weighted by Gasteiger charge is 2.31. The summed E-state index contributed by atoms with van der Waals surface area (Å²) in [6.45, 7) is 5.47. The molecule has 0 radical (unpaired) electrons. The zero-order chi connectivity index (χ0) is 25.2. The van der Waals surface area contributed by atoms with E-state index < -0.39 is 11.9 Å². The maximum absolute atomic E-state index is 13.0. The summed E-state index contributed by atoms with van der Waals surface area (Å²) in [6, 6.07) is 10.9. The standard InChI is InChI=1S/C22H25N7O3S.C2H6/c1-27-19-13-17(9-6-12-32-33-2)25-29(19)11-10-18(22(27)31)24-21(30)20-23-15-28(26-20)14-16-7-4-3-5-8-16;1-2/h3-9,13,15,18H,10-12,14H2,1-2H3,(H,24,30);1-2H3/b9-6+;. The molecule has 0 fully saturated rings.